The van der Waals surface area contributed by atoms with E-state index in [0.29, 0.717) is 5.56 Å². The van der Waals surface area contributed by atoms with Crippen LogP contribution in [0.4, 0.5) is 11.4 Å². The molecular weight excluding hydrogens is 675 g/mol. The number of imide groups is 1. The molecule has 0 saturated heterocycles. The van der Waals surface area contributed by atoms with Crippen molar-refractivity contribution in [2.75, 3.05) is 16.8 Å². The first-order chi connectivity index (χ1) is 25.3. The molecule has 0 bridgehead atoms. The van der Waals surface area contributed by atoms with Crippen LogP contribution in [0.3, 0.4) is 0 Å². The van der Waals surface area contributed by atoms with E-state index >= 15 is 4.79 Å². The number of fused-ring (bicyclic) bond motifs is 1. The molecular formula is C42H31N2O7P. The Morgan fingerprint density at radius 1 is 0.654 bits per heavy atom. The van der Waals surface area contributed by atoms with E-state index in [1.807, 2.05) is 91.0 Å². The van der Waals surface area contributed by atoms with Crippen molar-refractivity contribution in [1.29, 1.82) is 0 Å². The van der Waals surface area contributed by atoms with Crippen LogP contribution in [0.5, 0.6) is 0 Å². The maximum atomic E-state index is 15.3. The van der Waals surface area contributed by atoms with Crippen molar-refractivity contribution in [2.24, 2.45) is 0 Å². The number of nitrogens with one attached hydrogen (secondary N) is 1. The second kappa shape index (κ2) is 14.3. The van der Waals surface area contributed by atoms with Gasteiger partial charge in [0, 0.05) is 5.56 Å². The van der Waals surface area contributed by atoms with Crippen LogP contribution >= 0.6 is 6.89 Å². The molecule has 6 aromatic rings. The van der Waals surface area contributed by atoms with Gasteiger partial charge in [0.05, 0.1) is 28.7 Å². The van der Waals surface area contributed by atoms with Crippen molar-refractivity contribution in [2.45, 2.75) is 6.92 Å². The van der Waals surface area contributed by atoms with Gasteiger partial charge >= 0.3 is 11.6 Å². The molecule has 52 heavy (non-hydrogen) atoms. The zero-order valence-electron chi connectivity index (χ0n) is 27.9. The zero-order chi connectivity index (χ0) is 36.2. The molecule has 0 saturated carbocycles. The second-order valence-electron chi connectivity index (χ2n) is 11.7. The minimum absolute atomic E-state index is 0.0980. The van der Waals surface area contributed by atoms with Crippen molar-refractivity contribution < 1.29 is 28.3 Å². The Morgan fingerprint density at radius 3 is 1.65 bits per heavy atom. The number of esters is 1. The van der Waals surface area contributed by atoms with Crippen molar-refractivity contribution in [1.82, 2.24) is 0 Å². The smallest absolute Gasteiger partial charge is 0.360 e. The Labute approximate surface area is 299 Å². The number of ether oxygens (including phenoxy) is 1. The van der Waals surface area contributed by atoms with Gasteiger partial charge in [-0.15, -0.1) is 0 Å². The summed E-state index contributed by atoms with van der Waals surface area (Å²) in [7, 11) is 0. The number of carbonyl (C=O) groups excluding carboxylic acids is 4. The number of amides is 3. The fourth-order valence-corrected chi connectivity index (χ4v) is 10.8. The number of nitrogens with zero attached hydrogens (tertiary/aromatic N) is 1. The average Bonchev–Trinajstić information content (AvgIpc) is 3.19. The Balaban J connectivity index is 1.58. The molecule has 1 aliphatic rings. The van der Waals surface area contributed by atoms with E-state index in [9.17, 15) is 19.2 Å². The van der Waals surface area contributed by atoms with Crippen LogP contribution in [0, 0.1) is 0 Å². The number of rotatable bonds is 8. The number of hydrogen-bond acceptors (Lipinski definition) is 7. The van der Waals surface area contributed by atoms with E-state index in [0.717, 1.165) is 20.8 Å². The third-order valence-electron chi connectivity index (χ3n) is 8.69. The van der Waals surface area contributed by atoms with Gasteiger partial charge in [-0.05, 0) is 72.2 Å². The van der Waals surface area contributed by atoms with Gasteiger partial charge < -0.3 is 14.5 Å². The monoisotopic (exact) mass is 706 g/mol. The highest BCUT2D eigenvalue weighted by atomic mass is 31.2. The van der Waals surface area contributed by atoms with Crippen molar-refractivity contribution >= 4 is 63.2 Å². The molecule has 0 aliphatic carbocycles. The Hall–Kier alpha value is -6.57. The molecule has 1 N–H and O–H groups in total. The fourth-order valence-electron chi connectivity index (χ4n) is 6.37. The van der Waals surface area contributed by atoms with Crippen molar-refractivity contribution in [3.63, 3.8) is 0 Å². The Morgan fingerprint density at radius 2 is 1.15 bits per heavy atom. The lowest BCUT2D eigenvalue weighted by Gasteiger charge is -2.36. The van der Waals surface area contributed by atoms with E-state index in [2.05, 4.69) is 5.32 Å². The summed E-state index contributed by atoms with van der Waals surface area (Å²) in [5, 5.41) is 5.03. The Kier molecular flexibility index (Phi) is 9.35. The molecule has 1 aliphatic heterocycles. The summed E-state index contributed by atoms with van der Waals surface area (Å²) in [6.45, 7) is -1.39. The first-order valence-corrected chi connectivity index (χ1v) is 18.3. The molecule has 1 aromatic heterocycles. The van der Waals surface area contributed by atoms with Gasteiger partial charge in [0.25, 0.3) is 17.7 Å². The van der Waals surface area contributed by atoms with Crippen LogP contribution in [0.15, 0.2) is 161 Å². The SMILES string of the molecule is CCOC(=O)c1ccc(N2C(=O)C(=P(c3ccccc3)(c3ccccc3)c3ccccc3)c3oc(=O)c(NC(=O)c4ccccc4)cc3C2=O)cc1. The second-order valence-corrected chi connectivity index (χ2v) is 15.1. The number of anilines is 2. The molecule has 3 amide bonds. The van der Waals surface area contributed by atoms with Crippen LogP contribution in [0.2, 0.25) is 0 Å². The van der Waals surface area contributed by atoms with Crippen LogP contribution in [0.25, 0.3) is 0 Å². The summed E-state index contributed by atoms with van der Waals surface area (Å²) in [6, 6.07) is 44.0. The van der Waals surface area contributed by atoms with E-state index in [-0.39, 0.29) is 40.2 Å². The standard InChI is InChI=1S/C42H31N2O7P/c1-2-50-41(48)29-23-25-30(26-24-29)44-39(46)34-27-35(43-38(45)28-15-7-3-8-16-28)42(49)51-36(34)37(40(44)47)52(31-17-9-4-10-18-31,32-19-11-5-12-20-32)33-21-13-6-14-22-33/h3-27H,2H2,1H3,(H,43,45). The minimum Gasteiger partial charge on any atom is -0.462 e. The third-order valence-corrected chi connectivity index (χ3v) is 13.0. The van der Waals surface area contributed by atoms with Crippen LogP contribution in [-0.2, 0) is 9.53 Å². The van der Waals surface area contributed by atoms with Gasteiger partial charge in [0.15, 0.2) is 5.76 Å². The molecule has 0 spiro atoms. The Bertz CT molecular complexity index is 2320. The highest BCUT2D eigenvalue weighted by Gasteiger charge is 2.45. The largest absolute Gasteiger partial charge is 0.462 e. The third kappa shape index (κ3) is 5.97. The minimum atomic E-state index is -3.27. The molecule has 0 radical (unpaired) electrons. The fraction of sp³-hybridized carbons (Fsp3) is 0.0476. The summed E-state index contributed by atoms with van der Waals surface area (Å²) in [5.41, 5.74) is -0.586. The molecule has 0 fully saturated rings. The predicted octanol–water partition coefficient (Wildman–Crippen LogP) is 5.77. The predicted molar refractivity (Wildman–Crippen MR) is 203 cm³/mol. The topological polar surface area (TPSA) is 123 Å². The number of carbonyl (C=O) groups is 4. The normalized spacial score (nSPS) is 12.6. The van der Waals surface area contributed by atoms with Gasteiger partial charge in [-0.2, -0.15) is 0 Å². The maximum absolute atomic E-state index is 15.3. The molecule has 0 atom stereocenters. The van der Waals surface area contributed by atoms with Crippen molar-refractivity contribution in [3.05, 3.63) is 185 Å². The first kappa shape index (κ1) is 33.9. The zero-order valence-corrected chi connectivity index (χ0v) is 28.8. The lowest BCUT2D eigenvalue weighted by atomic mass is 10.0. The van der Waals surface area contributed by atoms with Crippen molar-refractivity contribution in [3.8, 4) is 0 Å². The number of benzene rings is 5. The summed E-state index contributed by atoms with van der Waals surface area (Å²) in [6.07, 6.45) is 0. The molecule has 10 heteroatoms. The van der Waals surface area contributed by atoms with Gasteiger partial charge in [-0.25, -0.2) is 14.5 Å². The lowest BCUT2D eigenvalue weighted by molar-refractivity contribution is -0.111. The van der Waals surface area contributed by atoms with Gasteiger partial charge in [0.1, 0.15) is 5.69 Å². The molecule has 7 rings (SSSR count). The van der Waals surface area contributed by atoms with E-state index in [4.69, 9.17) is 9.15 Å². The highest BCUT2D eigenvalue weighted by Crippen LogP contribution is 2.49. The van der Waals surface area contributed by atoms with Gasteiger partial charge in [0.2, 0.25) is 0 Å². The lowest BCUT2D eigenvalue weighted by Crippen LogP contribution is -2.50. The maximum Gasteiger partial charge on any atom is 0.360 e. The summed E-state index contributed by atoms with van der Waals surface area (Å²) in [4.78, 5) is 70.4. The van der Waals surface area contributed by atoms with E-state index < -0.39 is 36.2 Å². The quantitative estimate of drug-likeness (QED) is 0.121. The molecule has 5 aromatic carbocycles. The van der Waals surface area contributed by atoms with E-state index in [1.54, 1.807) is 37.3 Å². The summed E-state index contributed by atoms with van der Waals surface area (Å²) < 4.78 is 11.2. The molecule has 256 valence electrons. The van der Waals surface area contributed by atoms with Gasteiger partial charge in [-0.3, -0.25) is 14.4 Å². The van der Waals surface area contributed by atoms with Crippen LogP contribution in [-0.4, -0.2) is 35.6 Å². The highest BCUT2D eigenvalue weighted by molar-refractivity contribution is 7.97. The van der Waals surface area contributed by atoms with Crippen LogP contribution in [0.1, 0.15) is 43.8 Å². The molecule has 0 unspecified atom stereocenters. The first-order valence-electron chi connectivity index (χ1n) is 16.5. The average molecular weight is 707 g/mol. The molecule has 9 nitrogen and oxygen atoms in total. The van der Waals surface area contributed by atoms with Crippen LogP contribution < -0.4 is 31.8 Å². The van der Waals surface area contributed by atoms with Gasteiger partial charge in [-0.1, -0.05) is 109 Å². The summed E-state index contributed by atoms with van der Waals surface area (Å²) in [5.74, 6) is -2.79. The molecule has 2 heterocycles. The number of hydrogen-bond donors (Lipinski definition) is 1. The van der Waals surface area contributed by atoms with E-state index in [1.165, 1.54) is 30.3 Å². The summed E-state index contributed by atoms with van der Waals surface area (Å²) >= 11 is 0.